The van der Waals surface area contributed by atoms with Gasteiger partial charge in [0.15, 0.2) is 12.4 Å². The van der Waals surface area contributed by atoms with Crippen molar-refractivity contribution in [3.8, 4) is 0 Å². The summed E-state index contributed by atoms with van der Waals surface area (Å²) in [6, 6.07) is 0. The molecule has 0 bridgehead atoms. The molecule has 2 unspecified atom stereocenters. The molecule has 0 aromatic rings. The average molecular weight is 912 g/mol. The topological polar surface area (TPSA) is 111 Å². The van der Waals surface area contributed by atoms with Crippen molar-refractivity contribution in [3.63, 3.8) is 0 Å². The molecule has 0 aromatic heterocycles. The number of carbonyl (C=O) groups is 3. The SMILES string of the molecule is CC/C=C\C/C=C\C/C=C\C/C=C\C/C=C\CCCCCCCCCC(=O)OC(COC(=O)CCCCCCCCC/C=C\CCCCCCCC)COC(OCC[N+](C)(C)C)C(=O)[O-]. The van der Waals surface area contributed by atoms with E-state index in [2.05, 4.69) is 86.8 Å². The molecular formula is C56H97NO8. The van der Waals surface area contributed by atoms with E-state index in [0.717, 1.165) is 89.9 Å². The minimum atomic E-state index is -1.63. The number of carboxylic acids is 1. The summed E-state index contributed by atoms with van der Waals surface area (Å²) in [6.45, 7) is 4.61. The highest BCUT2D eigenvalue weighted by Crippen LogP contribution is 2.14. The lowest BCUT2D eigenvalue weighted by Crippen LogP contribution is -2.44. The molecule has 0 saturated carbocycles. The molecule has 0 spiro atoms. The molecule has 0 heterocycles. The molecule has 9 nitrogen and oxygen atoms in total. The van der Waals surface area contributed by atoms with E-state index in [-0.39, 0.29) is 38.6 Å². The van der Waals surface area contributed by atoms with Crippen molar-refractivity contribution >= 4 is 17.9 Å². The lowest BCUT2D eigenvalue weighted by atomic mass is 10.1. The van der Waals surface area contributed by atoms with Gasteiger partial charge in [-0.3, -0.25) is 9.59 Å². The number of quaternary nitrogens is 1. The summed E-state index contributed by atoms with van der Waals surface area (Å²) in [5, 5.41) is 11.7. The van der Waals surface area contributed by atoms with Crippen LogP contribution in [0.5, 0.6) is 0 Å². The van der Waals surface area contributed by atoms with Gasteiger partial charge in [0.2, 0.25) is 0 Å². The number of likely N-dealkylation sites (N-methyl/N-ethyl adjacent to an activating group) is 1. The highest BCUT2D eigenvalue weighted by molar-refractivity contribution is 5.70. The predicted molar refractivity (Wildman–Crippen MR) is 269 cm³/mol. The summed E-state index contributed by atoms with van der Waals surface area (Å²) in [6.07, 6.45) is 56.4. The van der Waals surface area contributed by atoms with E-state index in [1.807, 2.05) is 21.1 Å². The van der Waals surface area contributed by atoms with Gasteiger partial charge < -0.3 is 33.3 Å². The number of carboxylic acid groups (broad SMARTS) is 1. The first-order valence-electron chi connectivity index (χ1n) is 26.1. The molecule has 374 valence electrons. The van der Waals surface area contributed by atoms with Gasteiger partial charge in [0.1, 0.15) is 13.2 Å². The second kappa shape index (κ2) is 47.2. The number of unbranched alkanes of at least 4 members (excludes halogenated alkanes) is 20. The monoisotopic (exact) mass is 912 g/mol. The van der Waals surface area contributed by atoms with Crippen molar-refractivity contribution < 1.29 is 42.9 Å². The molecule has 0 aliphatic heterocycles. The third kappa shape index (κ3) is 48.5. The number of ether oxygens (including phenoxy) is 4. The first-order chi connectivity index (χ1) is 31.6. The van der Waals surface area contributed by atoms with Gasteiger partial charge in [0.25, 0.3) is 0 Å². The molecule has 0 fully saturated rings. The number of esters is 2. The van der Waals surface area contributed by atoms with Gasteiger partial charge >= 0.3 is 11.9 Å². The van der Waals surface area contributed by atoms with E-state index in [1.165, 1.54) is 83.5 Å². The van der Waals surface area contributed by atoms with Crippen LogP contribution in [0.4, 0.5) is 0 Å². The van der Waals surface area contributed by atoms with Gasteiger partial charge in [0, 0.05) is 12.8 Å². The van der Waals surface area contributed by atoms with E-state index in [9.17, 15) is 19.5 Å². The molecule has 65 heavy (non-hydrogen) atoms. The fourth-order valence-corrected chi connectivity index (χ4v) is 6.91. The van der Waals surface area contributed by atoms with Crippen molar-refractivity contribution in [3.05, 3.63) is 72.9 Å². The van der Waals surface area contributed by atoms with E-state index in [1.54, 1.807) is 0 Å². The first-order valence-corrected chi connectivity index (χ1v) is 26.1. The van der Waals surface area contributed by atoms with Crippen LogP contribution in [0, 0.1) is 0 Å². The quantitative estimate of drug-likeness (QED) is 0.0195. The van der Waals surface area contributed by atoms with Gasteiger partial charge in [-0.1, -0.05) is 183 Å². The molecule has 0 aliphatic carbocycles. The van der Waals surface area contributed by atoms with Gasteiger partial charge in [0.05, 0.1) is 40.3 Å². The van der Waals surface area contributed by atoms with Crippen LogP contribution in [0.15, 0.2) is 72.9 Å². The zero-order valence-electron chi connectivity index (χ0n) is 42.3. The Balaban J connectivity index is 4.37. The van der Waals surface area contributed by atoms with Gasteiger partial charge in [-0.2, -0.15) is 0 Å². The highest BCUT2D eigenvalue weighted by Gasteiger charge is 2.22. The standard InChI is InChI=1S/C56H97NO8/c1-6-8-10-12-14-16-18-20-22-24-25-26-27-28-29-31-33-35-37-39-41-43-45-47-54(59)65-52(51-64-56(55(60)61)62-49-48-57(3,4)5)50-63-53(58)46-44-42-40-38-36-34-32-30-23-21-19-17-15-13-11-9-7-2/h8,10,14,16,20-23,25-26,28-29,52,56H,6-7,9,11-13,15,17-19,24,27,30-51H2,1-5H3/b10-8-,16-14-,22-20-,23-21-,26-25-,29-28-. The molecular weight excluding hydrogens is 815 g/mol. The zero-order valence-corrected chi connectivity index (χ0v) is 42.3. The van der Waals surface area contributed by atoms with E-state index < -0.39 is 24.3 Å². The number of carbonyl (C=O) groups excluding carboxylic acids is 3. The van der Waals surface area contributed by atoms with Crippen molar-refractivity contribution in [1.82, 2.24) is 0 Å². The van der Waals surface area contributed by atoms with Crippen molar-refractivity contribution in [2.75, 3.05) is 47.5 Å². The number of hydrogen-bond acceptors (Lipinski definition) is 8. The van der Waals surface area contributed by atoms with E-state index >= 15 is 0 Å². The Bertz CT molecular complexity index is 1290. The molecule has 2 atom stereocenters. The van der Waals surface area contributed by atoms with Gasteiger partial charge in [-0.05, 0) is 83.5 Å². The van der Waals surface area contributed by atoms with Crippen LogP contribution in [0.1, 0.15) is 206 Å². The Hall–Kier alpha value is -3.27. The molecule has 0 saturated heterocycles. The molecule has 0 N–H and O–H groups in total. The van der Waals surface area contributed by atoms with Crippen molar-refractivity contribution in [2.45, 2.75) is 219 Å². The number of allylic oxidation sites excluding steroid dienone is 12. The lowest BCUT2D eigenvalue weighted by molar-refractivity contribution is -0.870. The number of nitrogens with zero attached hydrogens (tertiary/aromatic N) is 1. The summed E-state index contributed by atoms with van der Waals surface area (Å²) in [7, 11) is 5.91. The summed E-state index contributed by atoms with van der Waals surface area (Å²) in [5.41, 5.74) is 0. The Morgan fingerprint density at radius 1 is 0.477 bits per heavy atom. The van der Waals surface area contributed by atoms with Crippen molar-refractivity contribution in [2.24, 2.45) is 0 Å². The van der Waals surface area contributed by atoms with Crippen LogP contribution in [0.25, 0.3) is 0 Å². The van der Waals surface area contributed by atoms with Crippen LogP contribution in [0.3, 0.4) is 0 Å². The Labute approximate surface area is 398 Å². The fraction of sp³-hybridized carbons (Fsp3) is 0.732. The van der Waals surface area contributed by atoms with E-state index in [0.29, 0.717) is 17.4 Å². The van der Waals surface area contributed by atoms with Gasteiger partial charge in [-0.15, -0.1) is 0 Å². The van der Waals surface area contributed by atoms with Crippen LogP contribution in [0.2, 0.25) is 0 Å². The zero-order chi connectivity index (χ0) is 47.7. The smallest absolute Gasteiger partial charge is 0.306 e. The molecule has 0 aliphatic rings. The summed E-state index contributed by atoms with van der Waals surface area (Å²) in [4.78, 5) is 37.2. The third-order valence-corrected chi connectivity index (χ3v) is 10.9. The molecule has 0 rings (SSSR count). The molecule has 0 aromatic carbocycles. The maximum atomic E-state index is 12.8. The average Bonchev–Trinajstić information content (AvgIpc) is 3.27. The minimum absolute atomic E-state index is 0.141. The Morgan fingerprint density at radius 2 is 0.877 bits per heavy atom. The number of hydrogen-bond donors (Lipinski definition) is 0. The lowest BCUT2D eigenvalue weighted by Gasteiger charge is -2.26. The second-order valence-corrected chi connectivity index (χ2v) is 18.4. The number of rotatable bonds is 47. The maximum Gasteiger partial charge on any atom is 0.306 e. The van der Waals surface area contributed by atoms with Gasteiger partial charge in [-0.25, -0.2) is 0 Å². The first kappa shape index (κ1) is 61.7. The number of aliphatic carboxylic acids is 1. The minimum Gasteiger partial charge on any atom is -0.545 e. The molecule has 0 amide bonds. The van der Waals surface area contributed by atoms with Crippen LogP contribution in [-0.2, 0) is 33.3 Å². The third-order valence-electron chi connectivity index (χ3n) is 10.9. The predicted octanol–water partition coefficient (Wildman–Crippen LogP) is 13.3. The summed E-state index contributed by atoms with van der Waals surface area (Å²) < 4.78 is 22.6. The Morgan fingerprint density at radius 3 is 1.32 bits per heavy atom. The van der Waals surface area contributed by atoms with Crippen molar-refractivity contribution in [1.29, 1.82) is 0 Å². The van der Waals surface area contributed by atoms with Crippen LogP contribution in [-0.4, -0.2) is 82.3 Å². The maximum absolute atomic E-state index is 12.8. The van der Waals surface area contributed by atoms with Crippen LogP contribution < -0.4 is 5.11 Å². The van der Waals surface area contributed by atoms with E-state index in [4.69, 9.17) is 18.9 Å². The normalized spacial score (nSPS) is 13.4. The molecule has 0 radical (unpaired) electrons. The largest absolute Gasteiger partial charge is 0.545 e. The fourth-order valence-electron chi connectivity index (χ4n) is 6.91. The molecule has 9 heteroatoms. The highest BCUT2D eigenvalue weighted by atomic mass is 16.7. The summed E-state index contributed by atoms with van der Waals surface area (Å²) >= 11 is 0. The second-order valence-electron chi connectivity index (χ2n) is 18.4. The Kier molecular flexibility index (Phi) is 44.9. The summed E-state index contributed by atoms with van der Waals surface area (Å²) in [5.74, 6) is -2.31. The van der Waals surface area contributed by atoms with Crippen LogP contribution >= 0.6 is 0 Å².